The summed E-state index contributed by atoms with van der Waals surface area (Å²) >= 11 is 0. The van der Waals surface area contributed by atoms with E-state index in [1.54, 1.807) is 32.2 Å². The van der Waals surface area contributed by atoms with Gasteiger partial charge in [-0.05, 0) is 24.6 Å². The van der Waals surface area contributed by atoms with Crippen LogP contribution in [0.15, 0.2) is 47.8 Å². The van der Waals surface area contributed by atoms with Crippen molar-refractivity contribution in [3.8, 4) is 5.75 Å². The van der Waals surface area contributed by atoms with Crippen molar-refractivity contribution in [1.29, 1.82) is 0 Å². The summed E-state index contributed by atoms with van der Waals surface area (Å²) in [6.07, 6.45) is 0. The lowest BCUT2D eigenvalue weighted by atomic mass is 9.75. The van der Waals surface area contributed by atoms with Gasteiger partial charge in [0.25, 0.3) is 0 Å². The maximum atomic E-state index is 12.3. The molecule has 0 aromatic heterocycles. The number of carbonyl (C=O) groups excluding carboxylic acids is 2. The lowest BCUT2D eigenvalue weighted by molar-refractivity contribution is -0.145. The van der Waals surface area contributed by atoms with Gasteiger partial charge >= 0.3 is 11.9 Å². The Balaban J connectivity index is 2.67. The lowest BCUT2D eigenvalue weighted by Gasteiger charge is -2.34. The van der Waals surface area contributed by atoms with Gasteiger partial charge in [-0.2, -0.15) is 0 Å². The zero-order chi connectivity index (χ0) is 17.9. The Hall–Kier alpha value is -2.76. The Kier molecular flexibility index (Phi) is 5.28. The number of rotatable bonds is 4. The molecule has 1 N–H and O–H groups in total. The Labute approximate surface area is 141 Å². The molecule has 24 heavy (non-hydrogen) atoms. The van der Waals surface area contributed by atoms with E-state index in [1.807, 2.05) is 6.07 Å². The van der Waals surface area contributed by atoms with Crippen molar-refractivity contribution >= 4 is 11.9 Å². The molecule has 0 radical (unpaired) electrons. The van der Waals surface area contributed by atoms with Crippen molar-refractivity contribution < 1.29 is 23.8 Å². The zero-order valence-electron chi connectivity index (χ0n) is 14.2. The molecule has 2 unspecified atom stereocenters. The average Bonchev–Trinajstić information content (AvgIpc) is 2.59. The van der Waals surface area contributed by atoms with E-state index in [1.165, 1.54) is 14.2 Å². The first-order valence-electron chi connectivity index (χ1n) is 7.41. The molecule has 0 fully saturated rings. The molecule has 0 spiro atoms. The minimum absolute atomic E-state index is 0.369. The Morgan fingerprint density at radius 3 is 2.46 bits per heavy atom. The van der Waals surface area contributed by atoms with Gasteiger partial charge in [0.15, 0.2) is 0 Å². The van der Waals surface area contributed by atoms with Crippen LogP contribution in [0, 0.1) is 5.92 Å². The Morgan fingerprint density at radius 2 is 1.88 bits per heavy atom. The molecule has 1 aromatic carbocycles. The molecular weight excluding hydrogens is 310 g/mol. The number of hydrogen-bond donors (Lipinski definition) is 1. The predicted molar refractivity (Wildman–Crippen MR) is 88.2 cm³/mol. The van der Waals surface area contributed by atoms with Crippen molar-refractivity contribution in [1.82, 2.24) is 5.32 Å². The smallest absolute Gasteiger partial charge is 0.336 e. The van der Waals surface area contributed by atoms with E-state index >= 15 is 0 Å². The third kappa shape index (κ3) is 3.13. The number of hydrogen-bond acceptors (Lipinski definition) is 6. The number of esters is 2. The molecule has 1 aromatic rings. The molecule has 6 heteroatoms. The number of ether oxygens (including phenoxy) is 3. The maximum absolute atomic E-state index is 12.3. The third-order valence-electron chi connectivity index (χ3n) is 4.09. The van der Waals surface area contributed by atoms with Gasteiger partial charge in [0, 0.05) is 17.3 Å². The van der Waals surface area contributed by atoms with E-state index in [9.17, 15) is 9.59 Å². The summed E-state index contributed by atoms with van der Waals surface area (Å²) in [5.74, 6) is -1.68. The summed E-state index contributed by atoms with van der Waals surface area (Å²) in [6, 6.07) is 7.21. The molecule has 2 rings (SSSR count). The summed E-state index contributed by atoms with van der Waals surface area (Å²) in [5.41, 5.74) is 2.18. The molecule has 0 aliphatic carbocycles. The number of benzene rings is 1. The van der Waals surface area contributed by atoms with Crippen molar-refractivity contribution in [2.24, 2.45) is 5.92 Å². The van der Waals surface area contributed by atoms with Crippen LogP contribution >= 0.6 is 0 Å². The van der Waals surface area contributed by atoms with Crippen LogP contribution < -0.4 is 10.1 Å². The first-order valence-corrected chi connectivity index (χ1v) is 7.41. The Morgan fingerprint density at radius 1 is 1.17 bits per heavy atom. The summed E-state index contributed by atoms with van der Waals surface area (Å²) in [5, 5.41) is 2.99. The van der Waals surface area contributed by atoms with E-state index in [4.69, 9.17) is 14.2 Å². The molecule has 1 aliphatic rings. The van der Waals surface area contributed by atoms with Gasteiger partial charge in [0.2, 0.25) is 0 Å². The molecule has 2 atom stereocenters. The molecule has 128 valence electrons. The first-order chi connectivity index (χ1) is 11.4. The molecule has 1 heterocycles. The van der Waals surface area contributed by atoms with Crippen LogP contribution in [0.1, 0.15) is 18.4 Å². The summed E-state index contributed by atoms with van der Waals surface area (Å²) in [4.78, 5) is 24.7. The van der Waals surface area contributed by atoms with Crippen molar-refractivity contribution in [2.45, 2.75) is 12.8 Å². The largest absolute Gasteiger partial charge is 0.497 e. The normalized spacial score (nSPS) is 20.2. The van der Waals surface area contributed by atoms with Crippen LogP contribution in [0.5, 0.6) is 5.75 Å². The third-order valence-corrected chi connectivity index (χ3v) is 4.09. The van der Waals surface area contributed by atoms with Gasteiger partial charge in [-0.1, -0.05) is 18.7 Å². The minimum atomic E-state index is -0.750. The van der Waals surface area contributed by atoms with Crippen LogP contribution in [-0.2, 0) is 19.1 Å². The zero-order valence-corrected chi connectivity index (χ0v) is 14.2. The predicted octanol–water partition coefficient (Wildman–Crippen LogP) is 2.13. The van der Waals surface area contributed by atoms with Gasteiger partial charge in [0.05, 0.1) is 26.9 Å². The van der Waals surface area contributed by atoms with Crippen LogP contribution in [0.3, 0.4) is 0 Å². The first kappa shape index (κ1) is 17.6. The van der Waals surface area contributed by atoms with Gasteiger partial charge < -0.3 is 19.5 Å². The van der Waals surface area contributed by atoms with Crippen molar-refractivity contribution in [3.05, 3.63) is 53.4 Å². The monoisotopic (exact) mass is 331 g/mol. The van der Waals surface area contributed by atoms with E-state index in [-0.39, 0.29) is 0 Å². The number of methoxy groups -OCH3 is 3. The average molecular weight is 331 g/mol. The summed E-state index contributed by atoms with van der Waals surface area (Å²) in [6.45, 7) is 5.67. The molecule has 6 nitrogen and oxygen atoms in total. The van der Waals surface area contributed by atoms with Gasteiger partial charge in [-0.25, -0.2) is 4.79 Å². The van der Waals surface area contributed by atoms with E-state index in [2.05, 4.69) is 11.9 Å². The molecule has 0 saturated carbocycles. The Bertz CT molecular complexity index is 707. The van der Waals surface area contributed by atoms with Crippen molar-refractivity contribution in [2.75, 3.05) is 21.3 Å². The topological polar surface area (TPSA) is 73.9 Å². The van der Waals surface area contributed by atoms with Crippen LogP contribution in [0.25, 0.3) is 0 Å². The highest BCUT2D eigenvalue weighted by atomic mass is 16.5. The second kappa shape index (κ2) is 7.21. The quantitative estimate of drug-likeness (QED) is 0.852. The second-order valence-electron chi connectivity index (χ2n) is 5.44. The van der Waals surface area contributed by atoms with Gasteiger partial charge in [0.1, 0.15) is 11.7 Å². The van der Waals surface area contributed by atoms with Crippen LogP contribution in [-0.4, -0.2) is 33.3 Å². The minimum Gasteiger partial charge on any atom is -0.497 e. The highest BCUT2D eigenvalue weighted by Crippen LogP contribution is 2.41. The fraction of sp³-hybridized carbons (Fsp3) is 0.333. The van der Waals surface area contributed by atoms with Crippen LogP contribution in [0.4, 0.5) is 0 Å². The molecule has 0 saturated heterocycles. The SMILES string of the molecule is C=C1NC(C)=C(C(=O)OC)C(c2cccc(OC)c2)C1C(=O)OC. The van der Waals surface area contributed by atoms with Gasteiger partial charge in [-0.15, -0.1) is 0 Å². The number of nitrogens with one attached hydrogen (secondary N) is 1. The molecule has 1 aliphatic heterocycles. The fourth-order valence-corrected chi connectivity index (χ4v) is 2.98. The number of carbonyl (C=O) groups is 2. The second-order valence-corrected chi connectivity index (χ2v) is 5.44. The number of allylic oxidation sites excluding steroid dienone is 1. The fourth-order valence-electron chi connectivity index (χ4n) is 2.98. The molecule has 0 amide bonds. The highest BCUT2D eigenvalue weighted by Gasteiger charge is 2.42. The van der Waals surface area contributed by atoms with Gasteiger partial charge in [-0.3, -0.25) is 4.79 Å². The van der Waals surface area contributed by atoms with E-state index in [0.29, 0.717) is 22.7 Å². The summed E-state index contributed by atoms with van der Waals surface area (Å²) < 4.78 is 15.1. The van der Waals surface area contributed by atoms with E-state index < -0.39 is 23.8 Å². The standard InChI is InChI=1S/C18H21NO5/c1-10-14(17(20)23-4)16(12-7-6-8-13(9-12)22-3)15(11(2)19-10)18(21)24-5/h6-9,14,16,19H,1H2,2-5H3. The summed E-state index contributed by atoms with van der Waals surface area (Å²) in [7, 11) is 4.17. The van der Waals surface area contributed by atoms with Crippen LogP contribution in [0.2, 0.25) is 0 Å². The lowest BCUT2D eigenvalue weighted by Crippen LogP contribution is -2.39. The van der Waals surface area contributed by atoms with Crippen molar-refractivity contribution in [3.63, 3.8) is 0 Å². The highest BCUT2D eigenvalue weighted by molar-refractivity contribution is 5.94. The molecule has 0 bridgehead atoms. The molecular formula is C18H21NO5. The van der Waals surface area contributed by atoms with E-state index in [0.717, 1.165) is 5.56 Å². The maximum Gasteiger partial charge on any atom is 0.336 e.